The van der Waals surface area contributed by atoms with E-state index in [0.717, 1.165) is 0 Å². The van der Waals surface area contributed by atoms with Crippen LogP contribution < -0.4 is 4.74 Å². The van der Waals surface area contributed by atoms with Gasteiger partial charge in [-0.25, -0.2) is 4.98 Å². The molecule has 0 aromatic carbocycles. The quantitative estimate of drug-likeness (QED) is 0.721. The Morgan fingerprint density at radius 2 is 2.27 bits per heavy atom. The van der Waals surface area contributed by atoms with Gasteiger partial charge in [0.15, 0.2) is 5.82 Å². The summed E-state index contributed by atoms with van der Waals surface area (Å²) < 4.78 is 4.87. The lowest BCUT2D eigenvalue weighted by atomic mass is 10.4. The Hall–Kier alpha value is -2.02. The van der Waals surface area contributed by atoms with Gasteiger partial charge in [-0.05, 0) is 6.07 Å². The van der Waals surface area contributed by atoms with Gasteiger partial charge in [0.05, 0.1) is 7.11 Å². The third kappa shape index (κ3) is 1.91. The molecule has 0 amide bonds. The first-order valence-corrected chi connectivity index (χ1v) is 4.23. The summed E-state index contributed by atoms with van der Waals surface area (Å²) in [7, 11) is 1.51. The fraction of sp³-hybridized carbons (Fsp3) is 0.250. The van der Waals surface area contributed by atoms with Crippen LogP contribution in [-0.4, -0.2) is 37.6 Å². The first kappa shape index (κ1) is 9.53. The zero-order valence-corrected chi connectivity index (χ0v) is 8.01. The second-order valence-electron chi connectivity index (χ2n) is 2.72. The van der Waals surface area contributed by atoms with E-state index in [1.165, 1.54) is 7.11 Å². The maximum atomic E-state index is 8.79. The van der Waals surface area contributed by atoms with Gasteiger partial charge < -0.3 is 9.84 Å². The molecule has 0 atom stereocenters. The van der Waals surface area contributed by atoms with Crippen molar-refractivity contribution in [3.63, 3.8) is 0 Å². The molecule has 7 nitrogen and oxygen atoms in total. The number of nitrogens with zero attached hydrogens (tertiary/aromatic N) is 4. The van der Waals surface area contributed by atoms with Gasteiger partial charge in [0, 0.05) is 6.07 Å². The zero-order chi connectivity index (χ0) is 10.7. The molecule has 2 aromatic heterocycles. The van der Waals surface area contributed by atoms with Crippen LogP contribution in [-0.2, 0) is 6.61 Å². The summed E-state index contributed by atoms with van der Waals surface area (Å²) in [5.74, 6) is 1.22. The van der Waals surface area contributed by atoms with Crippen molar-refractivity contribution in [2.45, 2.75) is 6.61 Å². The van der Waals surface area contributed by atoms with Crippen molar-refractivity contribution in [3.05, 3.63) is 18.0 Å². The van der Waals surface area contributed by atoms with Gasteiger partial charge in [-0.1, -0.05) is 0 Å². The molecule has 2 heterocycles. The summed E-state index contributed by atoms with van der Waals surface area (Å²) in [6, 6.07) is 3.35. The van der Waals surface area contributed by atoms with Crippen LogP contribution in [0.25, 0.3) is 11.5 Å². The monoisotopic (exact) mass is 207 g/mol. The molecule has 7 heteroatoms. The van der Waals surface area contributed by atoms with E-state index >= 15 is 0 Å². The molecule has 2 N–H and O–H groups in total. The van der Waals surface area contributed by atoms with Gasteiger partial charge in [-0.2, -0.15) is 5.10 Å². The van der Waals surface area contributed by atoms with Crippen LogP contribution >= 0.6 is 0 Å². The Morgan fingerprint density at radius 3 is 2.80 bits per heavy atom. The van der Waals surface area contributed by atoms with Gasteiger partial charge in [-0.15, -0.1) is 10.2 Å². The van der Waals surface area contributed by atoms with Crippen LogP contribution in [0, 0.1) is 0 Å². The number of hydrogen-bond donors (Lipinski definition) is 2. The van der Waals surface area contributed by atoms with Crippen molar-refractivity contribution in [3.8, 4) is 17.4 Å². The van der Waals surface area contributed by atoms with Crippen molar-refractivity contribution < 1.29 is 9.84 Å². The van der Waals surface area contributed by atoms with Crippen molar-refractivity contribution in [1.82, 2.24) is 25.4 Å². The number of nitrogens with one attached hydrogen (secondary N) is 1. The van der Waals surface area contributed by atoms with Crippen LogP contribution in [0.3, 0.4) is 0 Å². The highest BCUT2D eigenvalue weighted by atomic mass is 16.5. The minimum absolute atomic E-state index is 0.184. The Labute approximate surface area is 85.2 Å². The molecule has 0 aliphatic rings. The number of rotatable bonds is 3. The van der Waals surface area contributed by atoms with Crippen molar-refractivity contribution in [2.75, 3.05) is 7.11 Å². The third-order valence-corrected chi connectivity index (χ3v) is 1.76. The topological polar surface area (TPSA) is 96.8 Å². The molecular formula is C8H9N5O2. The zero-order valence-electron chi connectivity index (χ0n) is 8.01. The molecule has 0 aliphatic heterocycles. The van der Waals surface area contributed by atoms with Crippen molar-refractivity contribution >= 4 is 0 Å². The van der Waals surface area contributed by atoms with E-state index in [0.29, 0.717) is 23.2 Å². The Bertz CT molecular complexity index is 439. The van der Waals surface area contributed by atoms with Crippen molar-refractivity contribution in [1.29, 1.82) is 0 Å². The van der Waals surface area contributed by atoms with E-state index in [4.69, 9.17) is 9.84 Å². The Balaban J connectivity index is 2.28. The molecule has 0 aliphatic carbocycles. The van der Waals surface area contributed by atoms with Crippen LogP contribution in [0.1, 0.15) is 5.82 Å². The minimum atomic E-state index is -0.184. The average Bonchev–Trinajstić information content (AvgIpc) is 2.78. The van der Waals surface area contributed by atoms with Crippen LogP contribution in [0.5, 0.6) is 5.88 Å². The lowest BCUT2D eigenvalue weighted by molar-refractivity contribution is 0.272. The van der Waals surface area contributed by atoms with Crippen LogP contribution in [0.15, 0.2) is 12.1 Å². The van der Waals surface area contributed by atoms with E-state index in [2.05, 4.69) is 25.4 Å². The summed E-state index contributed by atoms with van der Waals surface area (Å²) in [6.45, 7) is -0.184. The summed E-state index contributed by atoms with van der Waals surface area (Å²) in [4.78, 5) is 3.99. The molecule has 78 valence electrons. The first-order chi connectivity index (χ1) is 7.33. The Kier molecular flexibility index (Phi) is 2.55. The highest BCUT2D eigenvalue weighted by molar-refractivity contribution is 5.47. The van der Waals surface area contributed by atoms with Gasteiger partial charge in [0.2, 0.25) is 11.7 Å². The number of aromatic amines is 1. The summed E-state index contributed by atoms with van der Waals surface area (Å²) in [6.07, 6.45) is 0. The van der Waals surface area contributed by atoms with Gasteiger partial charge in [-0.3, -0.25) is 5.10 Å². The molecule has 15 heavy (non-hydrogen) atoms. The van der Waals surface area contributed by atoms with Gasteiger partial charge in [0.1, 0.15) is 12.3 Å². The number of H-pyrrole nitrogens is 1. The number of aromatic nitrogens is 5. The van der Waals surface area contributed by atoms with E-state index < -0.39 is 0 Å². The lowest BCUT2D eigenvalue weighted by Crippen LogP contribution is -1.93. The third-order valence-electron chi connectivity index (χ3n) is 1.76. The minimum Gasteiger partial charge on any atom is -0.480 e. The highest BCUT2D eigenvalue weighted by Gasteiger charge is 2.07. The number of methoxy groups -OCH3 is 1. The second-order valence-corrected chi connectivity index (χ2v) is 2.72. The smallest absolute Gasteiger partial charge is 0.233 e. The van der Waals surface area contributed by atoms with Gasteiger partial charge >= 0.3 is 0 Å². The molecular weight excluding hydrogens is 198 g/mol. The predicted octanol–water partition coefficient (Wildman–Crippen LogP) is -0.237. The first-order valence-electron chi connectivity index (χ1n) is 4.23. The predicted molar refractivity (Wildman–Crippen MR) is 49.9 cm³/mol. The van der Waals surface area contributed by atoms with Gasteiger partial charge in [0.25, 0.3) is 0 Å². The molecule has 0 saturated heterocycles. The molecule has 0 saturated carbocycles. The Morgan fingerprint density at radius 1 is 1.40 bits per heavy atom. The number of ether oxygens (including phenoxy) is 1. The molecule has 0 unspecified atom stereocenters. The second kappa shape index (κ2) is 4.01. The highest BCUT2D eigenvalue weighted by Crippen LogP contribution is 2.12. The standard InChI is InChI=1S/C8H9N5O2/c1-15-7-3-2-5(10-12-7)8-9-6(4-14)11-13-8/h2-3,14H,4H2,1H3,(H,9,11,13). The van der Waals surface area contributed by atoms with E-state index in [1.807, 2.05) is 0 Å². The van der Waals surface area contributed by atoms with E-state index in [-0.39, 0.29) is 6.61 Å². The lowest BCUT2D eigenvalue weighted by Gasteiger charge is -1.96. The van der Waals surface area contributed by atoms with E-state index in [9.17, 15) is 0 Å². The number of aliphatic hydroxyl groups excluding tert-OH is 1. The van der Waals surface area contributed by atoms with Crippen LogP contribution in [0.2, 0.25) is 0 Å². The number of aliphatic hydroxyl groups is 1. The normalized spacial score (nSPS) is 10.3. The maximum absolute atomic E-state index is 8.79. The fourth-order valence-corrected chi connectivity index (χ4v) is 1.03. The largest absolute Gasteiger partial charge is 0.480 e. The van der Waals surface area contributed by atoms with Crippen LogP contribution in [0.4, 0.5) is 0 Å². The van der Waals surface area contributed by atoms with Crippen molar-refractivity contribution in [2.24, 2.45) is 0 Å². The molecule has 0 fully saturated rings. The van der Waals surface area contributed by atoms with E-state index in [1.54, 1.807) is 12.1 Å². The number of hydrogen-bond acceptors (Lipinski definition) is 6. The molecule has 0 bridgehead atoms. The average molecular weight is 207 g/mol. The summed E-state index contributed by atoms with van der Waals surface area (Å²) in [5.41, 5.74) is 0.520. The maximum Gasteiger partial charge on any atom is 0.233 e. The molecule has 0 radical (unpaired) electrons. The summed E-state index contributed by atoms with van der Waals surface area (Å²) >= 11 is 0. The SMILES string of the molecule is COc1ccc(-c2n[nH]c(CO)n2)nn1. The summed E-state index contributed by atoms with van der Waals surface area (Å²) in [5, 5.41) is 22.9. The molecule has 2 rings (SSSR count). The fourth-order valence-electron chi connectivity index (χ4n) is 1.03. The molecule has 2 aromatic rings. The molecule has 0 spiro atoms.